The topological polar surface area (TPSA) is 29.5 Å². The van der Waals surface area contributed by atoms with Crippen LogP contribution < -0.4 is 0 Å². The van der Waals surface area contributed by atoms with Crippen LogP contribution in [0.25, 0.3) is 0 Å². The summed E-state index contributed by atoms with van der Waals surface area (Å²) in [6.45, 7) is 0.752. The van der Waals surface area contributed by atoms with E-state index in [0.29, 0.717) is 13.2 Å². The molecule has 1 amide bonds. The number of nitrogens with zero attached hydrogens (tertiary/aromatic N) is 1. The van der Waals surface area contributed by atoms with Crippen LogP contribution in [0.4, 0.5) is 13.2 Å². The molecule has 1 aliphatic rings. The summed E-state index contributed by atoms with van der Waals surface area (Å²) in [6.07, 6.45) is -2.72. The Bertz CT molecular complexity index is 529. The Hall–Kier alpha value is -1.08. The van der Waals surface area contributed by atoms with Crippen LogP contribution in [0.1, 0.15) is 28.8 Å². The number of carbonyl (C=O) groups excluding carboxylic acids is 1. The van der Waals surface area contributed by atoms with Gasteiger partial charge in [0.1, 0.15) is 0 Å². The summed E-state index contributed by atoms with van der Waals surface area (Å²) in [5.74, 6) is -0.382. The highest BCUT2D eigenvalue weighted by molar-refractivity contribution is 9.10. The maximum atomic E-state index is 12.9. The molecule has 0 saturated heterocycles. The van der Waals surface area contributed by atoms with E-state index in [2.05, 4.69) is 15.9 Å². The Balaban J connectivity index is 2.25. The number of hydrogen-bond acceptors (Lipinski definition) is 2. The number of benzene rings is 1. The van der Waals surface area contributed by atoms with Gasteiger partial charge >= 0.3 is 6.18 Å². The number of ether oxygens (including phenoxy) is 1. The van der Waals surface area contributed by atoms with Crippen LogP contribution in [0.5, 0.6) is 0 Å². The molecular formula is C14H15BrF3NO2. The molecule has 7 heteroatoms. The molecule has 1 aliphatic carbocycles. The van der Waals surface area contributed by atoms with E-state index < -0.39 is 11.7 Å². The molecule has 0 spiro atoms. The van der Waals surface area contributed by atoms with Crippen LogP contribution in [-0.4, -0.2) is 37.1 Å². The zero-order valence-corrected chi connectivity index (χ0v) is 13.0. The van der Waals surface area contributed by atoms with Gasteiger partial charge in [0.05, 0.1) is 12.2 Å². The number of amides is 1. The predicted molar refractivity (Wildman–Crippen MR) is 75.1 cm³/mol. The van der Waals surface area contributed by atoms with Crippen LogP contribution in [0.2, 0.25) is 0 Å². The lowest BCUT2D eigenvalue weighted by Gasteiger charge is -2.22. The van der Waals surface area contributed by atoms with Crippen molar-refractivity contribution in [2.45, 2.75) is 25.1 Å². The second-order valence-electron chi connectivity index (χ2n) is 4.91. The normalized spacial score (nSPS) is 15.1. The van der Waals surface area contributed by atoms with Gasteiger partial charge < -0.3 is 9.64 Å². The van der Waals surface area contributed by atoms with Crippen molar-refractivity contribution >= 4 is 21.8 Å². The molecule has 1 saturated carbocycles. The molecule has 0 heterocycles. The van der Waals surface area contributed by atoms with Gasteiger partial charge in [-0.1, -0.05) is 15.9 Å². The fraction of sp³-hybridized carbons (Fsp3) is 0.500. The minimum Gasteiger partial charge on any atom is -0.383 e. The van der Waals surface area contributed by atoms with Gasteiger partial charge in [-0.25, -0.2) is 0 Å². The average molecular weight is 366 g/mol. The number of alkyl halides is 3. The molecule has 0 atom stereocenters. The van der Waals surface area contributed by atoms with E-state index in [1.165, 1.54) is 19.2 Å². The summed E-state index contributed by atoms with van der Waals surface area (Å²) in [6, 6.07) is 3.68. The van der Waals surface area contributed by atoms with E-state index >= 15 is 0 Å². The van der Waals surface area contributed by atoms with Crippen LogP contribution in [0.15, 0.2) is 22.7 Å². The molecule has 1 aromatic carbocycles. The van der Waals surface area contributed by atoms with E-state index in [1.807, 2.05) is 0 Å². The van der Waals surface area contributed by atoms with Crippen molar-refractivity contribution in [1.82, 2.24) is 4.90 Å². The smallest absolute Gasteiger partial charge is 0.383 e. The van der Waals surface area contributed by atoms with Crippen molar-refractivity contribution in [3.05, 3.63) is 33.8 Å². The first-order valence-electron chi connectivity index (χ1n) is 6.51. The number of carbonyl (C=O) groups is 1. The monoisotopic (exact) mass is 365 g/mol. The van der Waals surface area contributed by atoms with Gasteiger partial charge in [0.2, 0.25) is 0 Å². The zero-order chi connectivity index (χ0) is 15.6. The molecule has 21 heavy (non-hydrogen) atoms. The molecule has 0 aliphatic heterocycles. The second-order valence-corrected chi connectivity index (χ2v) is 5.77. The number of methoxy groups -OCH3 is 1. The molecule has 2 rings (SSSR count). The Morgan fingerprint density at radius 3 is 2.62 bits per heavy atom. The summed E-state index contributed by atoms with van der Waals surface area (Å²) in [5.41, 5.74) is -0.788. The van der Waals surface area contributed by atoms with Gasteiger partial charge in [-0.15, -0.1) is 0 Å². The van der Waals surface area contributed by atoms with Crippen LogP contribution >= 0.6 is 15.9 Å². The molecule has 0 aromatic heterocycles. The Labute approximate surface area is 129 Å². The number of hydrogen-bond donors (Lipinski definition) is 0. The van der Waals surface area contributed by atoms with Gasteiger partial charge in [0, 0.05) is 29.7 Å². The predicted octanol–water partition coefficient (Wildman–Crippen LogP) is 3.72. The summed E-state index contributed by atoms with van der Waals surface area (Å²) in [7, 11) is 1.52. The van der Waals surface area contributed by atoms with E-state index in [1.54, 1.807) is 4.90 Å². The summed E-state index contributed by atoms with van der Waals surface area (Å²) >= 11 is 2.87. The first-order chi connectivity index (χ1) is 9.84. The van der Waals surface area contributed by atoms with Crippen molar-refractivity contribution in [3.63, 3.8) is 0 Å². The van der Waals surface area contributed by atoms with Crippen LogP contribution in [0.3, 0.4) is 0 Å². The van der Waals surface area contributed by atoms with Crippen molar-refractivity contribution in [2.75, 3.05) is 20.3 Å². The van der Waals surface area contributed by atoms with E-state index in [4.69, 9.17) is 4.74 Å². The number of halogens is 4. The lowest BCUT2D eigenvalue weighted by Crippen LogP contribution is -2.36. The average Bonchev–Trinajstić information content (AvgIpc) is 3.22. The number of rotatable bonds is 5. The molecule has 3 nitrogen and oxygen atoms in total. The van der Waals surface area contributed by atoms with E-state index in [9.17, 15) is 18.0 Å². The van der Waals surface area contributed by atoms with Gasteiger partial charge in [0.15, 0.2) is 0 Å². The lowest BCUT2D eigenvalue weighted by molar-refractivity contribution is -0.138. The standard InChI is InChI=1S/C14H15BrF3NO2/c1-21-7-6-19(10-3-4-10)13(20)9-2-5-12(15)11(8-9)14(16,17)18/h2,5,8,10H,3-4,6-7H2,1H3. The molecule has 0 N–H and O–H groups in total. The minimum atomic E-state index is -4.49. The van der Waals surface area contributed by atoms with Gasteiger partial charge in [-0.3, -0.25) is 4.79 Å². The molecule has 0 unspecified atom stereocenters. The fourth-order valence-corrected chi connectivity index (χ4v) is 2.54. The summed E-state index contributed by atoms with van der Waals surface area (Å²) in [4.78, 5) is 14.0. The molecule has 1 fully saturated rings. The molecule has 0 radical (unpaired) electrons. The first kappa shape index (κ1) is 16.3. The SMILES string of the molecule is COCCN(C(=O)c1ccc(Br)c(C(F)(F)F)c1)C1CC1. The Kier molecular flexibility index (Phi) is 4.93. The Morgan fingerprint density at radius 2 is 2.10 bits per heavy atom. The van der Waals surface area contributed by atoms with Crippen molar-refractivity contribution < 1.29 is 22.7 Å². The largest absolute Gasteiger partial charge is 0.417 e. The van der Waals surface area contributed by atoms with E-state index in [-0.39, 0.29) is 22.0 Å². The summed E-state index contributed by atoms with van der Waals surface area (Å²) < 4.78 is 43.6. The van der Waals surface area contributed by atoms with Crippen molar-refractivity contribution in [1.29, 1.82) is 0 Å². The maximum absolute atomic E-state index is 12.9. The van der Waals surface area contributed by atoms with Crippen molar-refractivity contribution in [2.24, 2.45) is 0 Å². The Morgan fingerprint density at radius 1 is 1.43 bits per heavy atom. The van der Waals surface area contributed by atoms with E-state index in [0.717, 1.165) is 18.9 Å². The van der Waals surface area contributed by atoms with Crippen molar-refractivity contribution in [3.8, 4) is 0 Å². The molecule has 116 valence electrons. The third-order valence-electron chi connectivity index (χ3n) is 3.30. The second kappa shape index (κ2) is 6.36. The first-order valence-corrected chi connectivity index (χ1v) is 7.30. The highest BCUT2D eigenvalue weighted by atomic mass is 79.9. The van der Waals surface area contributed by atoms with Gasteiger partial charge in [0.25, 0.3) is 5.91 Å². The van der Waals surface area contributed by atoms with Gasteiger partial charge in [-0.2, -0.15) is 13.2 Å². The van der Waals surface area contributed by atoms with Crippen LogP contribution in [-0.2, 0) is 10.9 Å². The maximum Gasteiger partial charge on any atom is 0.417 e. The third kappa shape index (κ3) is 3.97. The highest BCUT2D eigenvalue weighted by Gasteiger charge is 2.36. The zero-order valence-electron chi connectivity index (χ0n) is 11.4. The highest BCUT2D eigenvalue weighted by Crippen LogP contribution is 2.36. The molecule has 0 bridgehead atoms. The quantitative estimate of drug-likeness (QED) is 0.795. The van der Waals surface area contributed by atoms with Crippen LogP contribution in [0, 0.1) is 0 Å². The molecular weight excluding hydrogens is 351 g/mol. The lowest BCUT2D eigenvalue weighted by atomic mass is 10.1. The third-order valence-corrected chi connectivity index (χ3v) is 4.00. The van der Waals surface area contributed by atoms with Gasteiger partial charge in [-0.05, 0) is 31.0 Å². The molecule has 1 aromatic rings. The minimum absolute atomic E-state index is 0.0496. The fourth-order valence-electron chi connectivity index (χ4n) is 2.07. The summed E-state index contributed by atoms with van der Waals surface area (Å²) in [5, 5.41) is 0.